The van der Waals surface area contributed by atoms with Crippen LogP contribution >= 0.6 is 0 Å². The van der Waals surface area contributed by atoms with Crippen LogP contribution in [0.5, 0.6) is 11.6 Å². The number of anilines is 1. The highest BCUT2D eigenvalue weighted by Crippen LogP contribution is 2.29. The summed E-state index contributed by atoms with van der Waals surface area (Å²) < 4.78 is 5.55. The van der Waals surface area contributed by atoms with E-state index in [9.17, 15) is 0 Å². The Hall–Kier alpha value is -2.54. The second-order valence-electron chi connectivity index (χ2n) is 3.56. The van der Waals surface area contributed by atoms with Gasteiger partial charge >= 0.3 is 0 Å². The molecule has 0 radical (unpaired) electrons. The van der Waals surface area contributed by atoms with Gasteiger partial charge in [-0.05, 0) is 30.7 Å². The lowest BCUT2D eigenvalue weighted by Crippen LogP contribution is -1.97. The Kier molecular flexibility index (Phi) is 2.93. The quantitative estimate of drug-likeness (QED) is 0.797. The van der Waals surface area contributed by atoms with E-state index in [2.05, 4.69) is 4.98 Å². The molecule has 2 aromatic rings. The number of hydrogen-bond donors (Lipinski definition) is 1. The van der Waals surface area contributed by atoms with Crippen molar-refractivity contribution < 1.29 is 4.74 Å². The minimum absolute atomic E-state index is 0.271. The lowest BCUT2D eigenvalue weighted by molar-refractivity contribution is 0.463. The fraction of sp³-hybridized carbons (Fsp3) is 0.0769. The third-order valence-electron chi connectivity index (χ3n) is 2.38. The standard InChI is InChI=1S/C13H11N3O/c1-9-4-2-6-11(12(9)15)17-13-10(8-14)5-3-7-16-13/h2-7H,15H2,1H3. The van der Waals surface area contributed by atoms with E-state index in [1.807, 2.05) is 25.1 Å². The number of pyridine rings is 1. The number of hydrogen-bond acceptors (Lipinski definition) is 4. The summed E-state index contributed by atoms with van der Waals surface area (Å²) in [7, 11) is 0. The van der Waals surface area contributed by atoms with E-state index in [1.165, 1.54) is 0 Å². The van der Waals surface area contributed by atoms with E-state index in [0.29, 0.717) is 17.0 Å². The van der Waals surface area contributed by atoms with Gasteiger partial charge in [0, 0.05) is 6.20 Å². The normalized spacial score (nSPS) is 9.65. The van der Waals surface area contributed by atoms with Crippen LogP contribution in [0.4, 0.5) is 5.69 Å². The number of rotatable bonds is 2. The Labute approximate surface area is 99.3 Å². The van der Waals surface area contributed by atoms with Gasteiger partial charge in [-0.3, -0.25) is 0 Å². The Morgan fingerprint density at radius 3 is 2.88 bits per heavy atom. The minimum Gasteiger partial charge on any atom is -0.436 e. The molecule has 0 aliphatic heterocycles. The van der Waals surface area contributed by atoms with Crippen LogP contribution in [0.25, 0.3) is 0 Å². The molecule has 0 aliphatic rings. The first-order valence-corrected chi connectivity index (χ1v) is 5.10. The monoisotopic (exact) mass is 225 g/mol. The van der Waals surface area contributed by atoms with Crippen LogP contribution in [0.3, 0.4) is 0 Å². The largest absolute Gasteiger partial charge is 0.436 e. The van der Waals surface area contributed by atoms with Crippen LogP contribution in [-0.2, 0) is 0 Å². The molecule has 1 heterocycles. The minimum atomic E-state index is 0.271. The molecular weight excluding hydrogens is 214 g/mol. The average Bonchev–Trinajstić information content (AvgIpc) is 2.35. The lowest BCUT2D eigenvalue weighted by Gasteiger charge is -2.09. The molecule has 1 aromatic carbocycles. The number of nitriles is 1. The average molecular weight is 225 g/mol. The molecule has 0 spiro atoms. The molecule has 2 rings (SSSR count). The van der Waals surface area contributed by atoms with E-state index in [-0.39, 0.29) is 5.88 Å². The predicted molar refractivity (Wildman–Crippen MR) is 64.6 cm³/mol. The summed E-state index contributed by atoms with van der Waals surface area (Å²) in [4.78, 5) is 4.02. The van der Waals surface area contributed by atoms with Crippen LogP contribution in [0.15, 0.2) is 36.5 Å². The van der Waals surface area contributed by atoms with Crippen LogP contribution < -0.4 is 10.5 Å². The molecule has 0 saturated heterocycles. The molecule has 2 N–H and O–H groups in total. The van der Waals surface area contributed by atoms with E-state index in [4.69, 9.17) is 15.7 Å². The SMILES string of the molecule is Cc1cccc(Oc2ncccc2C#N)c1N. The van der Waals surface area contributed by atoms with Crippen molar-refractivity contribution in [1.82, 2.24) is 4.98 Å². The van der Waals surface area contributed by atoms with Gasteiger partial charge in [-0.2, -0.15) is 5.26 Å². The Morgan fingerprint density at radius 1 is 1.29 bits per heavy atom. The molecular formula is C13H11N3O. The zero-order valence-electron chi connectivity index (χ0n) is 9.34. The van der Waals surface area contributed by atoms with Gasteiger partial charge in [-0.1, -0.05) is 12.1 Å². The first-order chi connectivity index (χ1) is 8.22. The molecule has 84 valence electrons. The van der Waals surface area contributed by atoms with Crippen molar-refractivity contribution in [3.8, 4) is 17.7 Å². The second-order valence-corrected chi connectivity index (χ2v) is 3.56. The molecule has 0 fully saturated rings. The molecule has 17 heavy (non-hydrogen) atoms. The molecule has 0 unspecified atom stereocenters. The topological polar surface area (TPSA) is 71.9 Å². The molecule has 0 saturated carbocycles. The number of nitrogens with two attached hydrogens (primary N) is 1. The fourth-order valence-corrected chi connectivity index (χ4v) is 1.40. The van der Waals surface area contributed by atoms with Crippen LogP contribution in [0.2, 0.25) is 0 Å². The van der Waals surface area contributed by atoms with E-state index >= 15 is 0 Å². The van der Waals surface area contributed by atoms with Crippen molar-refractivity contribution in [2.75, 3.05) is 5.73 Å². The van der Waals surface area contributed by atoms with E-state index < -0.39 is 0 Å². The van der Waals surface area contributed by atoms with Gasteiger partial charge in [0.2, 0.25) is 5.88 Å². The number of nitrogens with zero attached hydrogens (tertiary/aromatic N) is 2. The third-order valence-corrected chi connectivity index (χ3v) is 2.38. The Bertz CT molecular complexity index is 587. The Morgan fingerprint density at radius 2 is 2.12 bits per heavy atom. The molecule has 1 aromatic heterocycles. The van der Waals surface area contributed by atoms with Crippen molar-refractivity contribution in [2.45, 2.75) is 6.92 Å². The van der Waals surface area contributed by atoms with Gasteiger partial charge in [0.15, 0.2) is 5.75 Å². The van der Waals surface area contributed by atoms with Crippen molar-refractivity contribution >= 4 is 5.69 Å². The highest BCUT2D eigenvalue weighted by molar-refractivity contribution is 5.59. The predicted octanol–water partition coefficient (Wildman–Crippen LogP) is 2.64. The molecule has 0 bridgehead atoms. The fourth-order valence-electron chi connectivity index (χ4n) is 1.40. The number of aryl methyl sites for hydroxylation is 1. The van der Waals surface area contributed by atoms with Crippen molar-refractivity contribution in [3.63, 3.8) is 0 Å². The summed E-state index contributed by atoms with van der Waals surface area (Å²) in [6, 6.07) is 10.8. The summed E-state index contributed by atoms with van der Waals surface area (Å²) in [6.45, 7) is 1.89. The maximum atomic E-state index is 8.92. The summed E-state index contributed by atoms with van der Waals surface area (Å²) in [5, 5.41) is 8.92. The summed E-state index contributed by atoms with van der Waals surface area (Å²) in [5.74, 6) is 0.785. The van der Waals surface area contributed by atoms with Crippen LogP contribution in [0.1, 0.15) is 11.1 Å². The number of para-hydroxylation sites is 1. The molecule has 4 nitrogen and oxygen atoms in total. The van der Waals surface area contributed by atoms with Gasteiger partial charge in [-0.15, -0.1) is 0 Å². The number of nitrogen functional groups attached to an aromatic ring is 1. The summed E-state index contributed by atoms with van der Waals surface area (Å²) in [5.41, 5.74) is 7.75. The van der Waals surface area contributed by atoms with Crippen molar-refractivity contribution in [1.29, 1.82) is 5.26 Å². The lowest BCUT2D eigenvalue weighted by atomic mass is 10.2. The summed E-state index contributed by atoms with van der Waals surface area (Å²) >= 11 is 0. The van der Waals surface area contributed by atoms with Crippen LogP contribution in [-0.4, -0.2) is 4.98 Å². The van der Waals surface area contributed by atoms with Gasteiger partial charge in [0.25, 0.3) is 0 Å². The highest BCUT2D eigenvalue weighted by atomic mass is 16.5. The van der Waals surface area contributed by atoms with E-state index in [1.54, 1.807) is 24.4 Å². The molecule has 0 amide bonds. The van der Waals surface area contributed by atoms with Crippen molar-refractivity contribution in [3.05, 3.63) is 47.7 Å². The number of benzene rings is 1. The number of ether oxygens (including phenoxy) is 1. The Balaban J connectivity index is 2.39. The van der Waals surface area contributed by atoms with Gasteiger partial charge in [0.05, 0.1) is 5.69 Å². The van der Waals surface area contributed by atoms with Crippen LogP contribution in [0, 0.1) is 18.3 Å². The van der Waals surface area contributed by atoms with E-state index in [0.717, 1.165) is 5.56 Å². The molecule has 4 heteroatoms. The summed E-state index contributed by atoms with van der Waals surface area (Å²) in [6.07, 6.45) is 1.57. The van der Waals surface area contributed by atoms with Gasteiger partial charge < -0.3 is 10.5 Å². The molecule has 0 aliphatic carbocycles. The number of aromatic nitrogens is 1. The second kappa shape index (κ2) is 4.54. The maximum Gasteiger partial charge on any atom is 0.237 e. The zero-order chi connectivity index (χ0) is 12.3. The maximum absolute atomic E-state index is 8.92. The van der Waals surface area contributed by atoms with Gasteiger partial charge in [-0.25, -0.2) is 4.98 Å². The molecule has 0 atom stereocenters. The highest BCUT2D eigenvalue weighted by Gasteiger charge is 2.08. The zero-order valence-corrected chi connectivity index (χ0v) is 9.34. The first-order valence-electron chi connectivity index (χ1n) is 5.10. The smallest absolute Gasteiger partial charge is 0.237 e. The first kappa shape index (κ1) is 11.0. The third kappa shape index (κ3) is 2.18. The van der Waals surface area contributed by atoms with Gasteiger partial charge in [0.1, 0.15) is 11.6 Å². The van der Waals surface area contributed by atoms with Crippen molar-refractivity contribution in [2.24, 2.45) is 0 Å².